The van der Waals surface area contributed by atoms with Crippen molar-refractivity contribution in [2.75, 3.05) is 0 Å². The Balaban J connectivity index is 5.45. The molecule has 0 heterocycles. The van der Waals surface area contributed by atoms with Gasteiger partial charge in [-0.05, 0) is 0 Å². The van der Waals surface area contributed by atoms with Crippen LogP contribution in [0.1, 0.15) is 6.42 Å². The third-order valence-corrected chi connectivity index (χ3v) is 1.94. The molecule has 0 spiro atoms. The Morgan fingerprint density at radius 3 is 1.53 bits per heavy atom. The highest BCUT2D eigenvalue weighted by atomic mass is 19.4. The van der Waals surface area contributed by atoms with E-state index < -0.39 is 42.4 Å². The molecule has 0 fully saturated rings. The van der Waals surface area contributed by atoms with Crippen molar-refractivity contribution < 1.29 is 54.5 Å². The zero-order chi connectivity index (χ0) is 15.9. The van der Waals surface area contributed by atoms with Gasteiger partial charge in [0.05, 0.1) is 6.42 Å². The van der Waals surface area contributed by atoms with Crippen molar-refractivity contribution in [3.8, 4) is 0 Å². The van der Waals surface area contributed by atoms with Crippen molar-refractivity contribution >= 4 is 5.97 Å². The number of aliphatic hydroxyl groups excluding tert-OH is 1. The molecule has 0 amide bonds. The van der Waals surface area contributed by atoms with Gasteiger partial charge in [0.1, 0.15) is 0 Å². The average molecular weight is 308 g/mol. The molecule has 1 unspecified atom stereocenters. The van der Waals surface area contributed by atoms with Gasteiger partial charge in [0.15, 0.2) is 6.10 Å². The van der Waals surface area contributed by atoms with Crippen LogP contribution in [0.15, 0.2) is 0 Å². The topological polar surface area (TPSA) is 57.5 Å². The average Bonchev–Trinajstić information content (AvgIpc) is 2.14. The number of carboxylic acids is 1. The fourth-order valence-corrected chi connectivity index (χ4v) is 0.866. The Morgan fingerprint density at radius 1 is 0.895 bits per heavy atom. The van der Waals surface area contributed by atoms with Gasteiger partial charge in [-0.25, -0.2) is 4.79 Å². The fourth-order valence-electron chi connectivity index (χ4n) is 0.866. The zero-order valence-corrected chi connectivity index (χ0v) is 8.49. The second-order valence-corrected chi connectivity index (χ2v) is 3.41. The third-order valence-electron chi connectivity index (χ3n) is 1.94. The van der Waals surface area contributed by atoms with E-state index in [4.69, 9.17) is 10.2 Å². The zero-order valence-electron chi connectivity index (χ0n) is 8.49. The number of carbonyl (C=O) groups is 1. The molecule has 12 heteroatoms. The SMILES string of the molecule is O=C(O)C(O)CC(F)(F)C(F)(F)C(F)(F)C(F)(F)F. The minimum absolute atomic E-state index is 2.48. The molecule has 3 nitrogen and oxygen atoms in total. The first-order chi connectivity index (χ1) is 8.08. The maximum absolute atomic E-state index is 12.7. The Hall–Kier alpha value is -1.20. The quantitative estimate of drug-likeness (QED) is 0.766. The fraction of sp³-hybridized carbons (Fsp3) is 0.857. The highest BCUT2D eigenvalue weighted by Crippen LogP contribution is 2.54. The molecule has 0 saturated heterocycles. The lowest BCUT2D eigenvalue weighted by Gasteiger charge is -2.34. The van der Waals surface area contributed by atoms with Crippen molar-refractivity contribution in [2.45, 2.75) is 36.5 Å². The number of aliphatic hydroxyl groups is 1. The Morgan fingerprint density at radius 2 is 1.26 bits per heavy atom. The van der Waals surface area contributed by atoms with Crippen LogP contribution >= 0.6 is 0 Å². The molecule has 1 atom stereocenters. The Bertz CT molecular complexity index is 348. The van der Waals surface area contributed by atoms with E-state index in [-0.39, 0.29) is 0 Å². The molecule has 114 valence electrons. The maximum Gasteiger partial charge on any atom is 0.460 e. The lowest BCUT2D eigenvalue weighted by atomic mass is 9.98. The first-order valence-corrected chi connectivity index (χ1v) is 4.19. The van der Waals surface area contributed by atoms with Crippen molar-refractivity contribution in [3.05, 3.63) is 0 Å². The van der Waals surface area contributed by atoms with Gasteiger partial charge in [0, 0.05) is 0 Å². The van der Waals surface area contributed by atoms with Gasteiger partial charge in [-0.15, -0.1) is 0 Å². The van der Waals surface area contributed by atoms with Crippen LogP contribution in [0.25, 0.3) is 0 Å². The van der Waals surface area contributed by atoms with Gasteiger partial charge in [-0.2, -0.15) is 39.5 Å². The summed E-state index contributed by atoms with van der Waals surface area (Å²) in [6, 6.07) is 0. The first kappa shape index (κ1) is 17.8. The summed E-state index contributed by atoms with van der Waals surface area (Å²) in [5.41, 5.74) is 0. The van der Waals surface area contributed by atoms with Gasteiger partial charge in [0.2, 0.25) is 0 Å². The van der Waals surface area contributed by atoms with Gasteiger partial charge < -0.3 is 10.2 Å². The number of aliphatic carboxylic acids is 1. The molecule has 0 radical (unpaired) electrons. The number of halogens is 9. The van der Waals surface area contributed by atoms with Crippen LogP contribution in [0.2, 0.25) is 0 Å². The summed E-state index contributed by atoms with van der Waals surface area (Å²) < 4.78 is 110. The third kappa shape index (κ3) is 3.04. The summed E-state index contributed by atoms with van der Waals surface area (Å²) in [6.07, 6.45) is -13.0. The van der Waals surface area contributed by atoms with Crippen LogP contribution in [0.5, 0.6) is 0 Å². The Labute approximate surface area is 98.2 Å². The summed E-state index contributed by atoms with van der Waals surface area (Å²) in [5.74, 6) is -22.6. The number of carboxylic acid groups (broad SMARTS) is 1. The smallest absolute Gasteiger partial charge is 0.460 e. The lowest BCUT2D eigenvalue weighted by Crippen LogP contribution is -2.61. The summed E-state index contributed by atoms with van der Waals surface area (Å²) in [4.78, 5) is 9.91. The molecule has 0 aromatic rings. The second kappa shape index (κ2) is 4.72. The molecular formula is C7H5F9O3. The number of alkyl halides is 9. The summed E-state index contributed by atoms with van der Waals surface area (Å²) >= 11 is 0. The van der Waals surface area contributed by atoms with Gasteiger partial charge >= 0.3 is 29.9 Å². The molecule has 0 aromatic carbocycles. The van der Waals surface area contributed by atoms with Gasteiger partial charge in [-0.3, -0.25) is 0 Å². The minimum Gasteiger partial charge on any atom is -0.479 e. The van der Waals surface area contributed by atoms with E-state index in [2.05, 4.69) is 0 Å². The van der Waals surface area contributed by atoms with E-state index in [0.717, 1.165) is 0 Å². The second-order valence-electron chi connectivity index (χ2n) is 3.41. The Kier molecular flexibility index (Phi) is 4.42. The van der Waals surface area contributed by atoms with E-state index in [1.54, 1.807) is 0 Å². The molecule has 0 aromatic heterocycles. The summed E-state index contributed by atoms with van der Waals surface area (Å²) in [5, 5.41) is 16.3. The van der Waals surface area contributed by atoms with Crippen LogP contribution in [0.4, 0.5) is 39.5 Å². The maximum atomic E-state index is 12.7. The highest BCUT2D eigenvalue weighted by molar-refractivity contribution is 5.72. The molecule has 0 saturated carbocycles. The largest absolute Gasteiger partial charge is 0.479 e. The molecular weight excluding hydrogens is 303 g/mol. The highest BCUT2D eigenvalue weighted by Gasteiger charge is 2.81. The van der Waals surface area contributed by atoms with Crippen molar-refractivity contribution in [2.24, 2.45) is 0 Å². The van der Waals surface area contributed by atoms with Gasteiger partial charge in [0.25, 0.3) is 0 Å². The van der Waals surface area contributed by atoms with Crippen LogP contribution in [0, 0.1) is 0 Å². The first-order valence-electron chi connectivity index (χ1n) is 4.19. The van der Waals surface area contributed by atoms with Crippen LogP contribution in [0.3, 0.4) is 0 Å². The molecule has 0 bridgehead atoms. The van der Waals surface area contributed by atoms with Crippen molar-refractivity contribution in [1.29, 1.82) is 0 Å². The number of rotatable bonds is 5. The summed E-state index contributed by atoms with van der Waals surface area (Å²) in [6.45, 7) is 0. The molecule has 0 aliphatic rings. The standard InChI is InChI=1S/C7H5F9O3/c8-4(9,1-2(17)3(18)19)5(10,11)6(12,13)7(14,15)16/h2,17H,1H2,(H,18,19). The van der Waals surface area contributed by atoms with E-state index in [1.165, 1.54) is 0 Å². The van der Waals surface area contributed by atoms with E-state index in [0.29, 0.717) is 0 Å². The predicted molar refractivity (Wildman–Crippen MR) is 39.2 cm³/mol. The monoisotopic (exact) mass is 308 g/mol. The molecule has 2 N–H and O–H groups in total. The number of hydrogen-bond donors (Lipinski definition) is 2. The van der Waals surface area contributed by atoms with E-state index >= 15 is 0 Å². The van der Waals surface area contributed by atoms with Crippen LogP contribution in [-0.4, -0.2) is 46.2 Å². The van der Waals surface area contributed by atoms with Crippen LogP contribution < -0.4 is 0 Å². The lowest BCUT2D eigenvalue weighted by molar-refractivity contribution is -0.398. The molecule has 0 rings (SSSR count). The van der Waals surface area contributed by atoms with E-state index in [1.807, 2.05) is 0 Å². The van der Waals surface area contributed by atoms with Gasteiger partial charge in [-0.1, -0.05) is 0 Å². The molecule has 0 aliphatic heterocycles. The minimum atomic E-state index is -7.10. The normalized spacial score (nSPS) is 16.3. The number of hydrogen-bond acceptors (Lipinski definition) is 2. The summed E-state index contributed by atoms with van der Waals surface area (Å²) in [7, 11) is 0. The van der Waals surface area contributed by atoms with E-state index in [9.17, 15) is 44.3 Å². The van der Waals surface area contributed by atoms with Crippen molar-refractivity contribution in [3.63, 3.8) is 0 Å². The van der Waals surface area contributed by atoms with Crippen LogP contribution in [-0.2, 0) is 4.79 Å². The van der Waals surface area contributed by atoms with Crippen molar-refractivity contribution in [1.82, 2.24) is 0 Å². The molecule has 0 aliphatic carbocycles. The molecule has 19 heavy (non-hydrogen) atoms. The predicted octanol–water partition coefficient (Wildman–Crippen LogP) is 2.29.